The molecule has 0 unspecified atom stereocenters. The number of hydrogen-bond donors (Lipinski definition) is 0. The van der Waals surface area contributed by atoms with Gasteiger partial charge in [0.25, 0.3) is 0 Å². The second-order valence-corrected chi connectivity index (χ2v) is 21.1. The second kappa shape index (κ2) is 16.2. The van der Waals surface area contributed by atoms with Crippen molar-refractivity contribution in [3.05, 3.63) is 267 Å². The summed E-state index contributed by atoms with van der Waals surface area (Å²) in [5.74, 6) is 0. The molecule has 0 atom stereocenters. The van der Waals surface area contributed by atoms with Crippen molar-refractivity contribution in [1.29, 1.82) is 0 Å². The van der Waals surface area contributed by atoms with Crippen LogP contribution in [0.25, 0.3) is 89.0 Å². The fourth-order valence-corrected chi connectivity index (χ4v) is 14.8. The van der Waals surface area contributed by atoms with Crippen LogP contribution in [0.4, 0.5) is 0 Å². The lowest BCUT2D eigenvalue weighted by Gasteiger charge is -2.35. The van der Waals surface area contributed by atoms with Gasteiger partial charge in [-0.2, -0.15) is 0 Å². The van der Waals surface area contributed by atoms with Crippen molar-refractivity contribution in [3.8, 4) is 89.0 Å². The van der Waals surface area contributed by atoms with Crippen LogP contribution in [-0.4, -0.2) is 8.07 Å². The van der Waals surface area contributed by atoms with Gasteiger partial charge in [-0.15, -0.1) is 0 Å². The summed E-state index contributed by atoms with van der Waals surface area (Å²) in [7, 11) is -2.97. The first-order valence-electron chi connectivity index (χ1n) is 22.5. The van der Waals surface area contributed by atoms with Gasteiger partial charge in [-0.3, -0.25) is 0 Å². The monoisotopic (exact) mass is 840 g/mol. The minimum atomic E-state index is -2.97. The Kier molecular flexibility index (Phi) is 9.63. The third-order valence-electron chi connectivity index (χ3n) is 13.7. The number of fused-ring (bicyclic) bond motifs is 4. The average Bonchev–Trinajstić information content (AvgIpc) is 4.12. The number of hydrogen-bond acceptors (Lipinski definition) is 0. The third kappa shape index (κ3) is 7.04. The smallest absolute Gasteiger partial charge is 0.0613 e. The summed E-state index contributed by atoms with van der Waals surface area (Å²) in [6, 6.07) is 99.9. The standard InChI is InChI=1S/C64H44Si/c1-5-45-13-21-53(22-14-46(45)6-1)57-29-37-61(38-30-57)65(62-39-31-58(32-40-62)54-23-15-47-7-2-8-48(47)16-24-54,63-41-33-59(34-42-63)55-25-17-49-9-3-10-50(49)18-26-55)64-43-35-60(36-44-64)56-27-19-51-11-4-12-52(51)20-28-56/h1-44H. The van der Waals surface area contributed by atoms with Crippen LogP contribution in [0, 0.1) is 0 Å². The molecule has 8 aliphatic carbocycles. The molecule has 0 fully saturated rings. The van der Waals surface area contributed by atoms with E-state index in [1.54, 1.807) is 0 Å². The van der Waals surface area contributed by atoms with E-state index < -0.39 is 8.07 Å². The highest BCUT2D eigenvalue weighted by molar-refractivity contribution is 7.19. The van der Waals surface area contributed by atoms with E-state index in [1.165, 1.54) is 110 Å². The molecule has 0 aliphatic heterocycles. The van der Waals surface area contributed by atoms with Gasteiger partial charge in [-0.1, -0.05) is 267 Å². The maximum Gasteiger partial charge on any atom is 0.179 e. The van der Waals surface area contributed by atoms with Crippen LogP contribution in [0.5, 0.6) is 0 Å². The van der Waals surface area contributed by atoms with E-state index in [9.17, 15) is 0 Å². The van der Waals surface area contributed by atoms with Gasteiger partial charge in [0.15, 0.2) is 8.07 Å². The van der Waals surface area contributed by atoms with Crippen molar-refractivity contribution in [2.45, 2.75) is 0 Å². The molecule has 0 N–H and O–H groups in total. The van der Waals surface area contributed by atoms with E-state index in [0.717, 1.165) is 0 Å². The Morgan fingerprint density at radius 1 is 0.123 bits per heavy atom. The Bertz CT molecular complexity index is 2860. The zero-order chi connectivity index (χ0) is 43.2. The molecule has 0 spiro atoms. The van der Waals surface area contributed by atoms with Gasteiger partial charge in [0.1, 0.15) is 0 Å². The Balaban J connectivity index is 1.04. The maximum absolute atomic E-state index is 2.97. The van der Waals surface area contributed by atoms with Crippen molar-refractivity contribution in [2.24, 2.45) is 0 Å². The van der Waals surface area contributed by atoms with Crippen LogP contribution >= 0.6 is 0 Å². The van der Waals surface area contributed by atoms with Crippen molar-refractivity contribution in [2.75, 3.05) is 0 Å². The molecule has 0 radical (unpaired) electrons. The summed E-state index contributed by atoms with van der Waals surface area (Å²) in [4.78, 5) is 0. The van der Waals surface area contributed by atoms with Crippen LogP contribution in [0.3, 0.4) is 0 Å². The minimum absolute atomic E-state index is 1.21. The van der Waals surface area contributed by atoms with Crippen molar-refractivity contribution >= 4 is 28.8 Å². The first-order chi connectivity index (χ1) is 32.2. The molecule has 0 bridgehead atoms. The lowest BCUT2D eigenvalue weighted by molar-refractivity contribution is 1.62. The highest BCUT2D eigenvalue weighted by Gasteiger charge is 2.41. The summed E-state index contributed by atoms with van der Waals surface area (Å²) < 4.78 is 0. The minimum Gasteiger partial charge on any atom is -0.0613 e. The number of rotatable bonds is 8. The summed E-state index contributed by atoms with van der Waals surface area (Å²) >= 11 is 0. The molecule has 0 aromatic heterocycles. The summed E-state index contributed by atoms with van der Waals surface area (Å²) in [6.45, 7) is 0. The molecule has 0 heterocycles. The van der Waals surface area contributed by atoms with Gasteiger partial charge in [0.2, 0.25) is 0 Å². The summed E-state index contributed by atoms with van der Waals surface area (Å²) in [5.41, 5.74) is 19.7. The van der Waals surface area contributed by atoms with Gasteiger partial charge < -0.3 is 0 Å². The lowest BCUT2D eigenvalue weighted by Crippen LogP contribution is -2.74. The molecule has 0 saturated heterocycles. The molecule has 12 rings (SSSR count). The highest BCUT2D eigenvalue weighted by Crippen LogP contribution is 2.31. The molecular formula is C64H44Si. The van der Waals surface area contributed by atoms with Gasteiger partial charge >= 0.3 is 0 Å². The van der Waals surface area contributed by atoms with Gasteiger partial charge in [-0.25, -0.2) is 0 Å². The fraction of sp³-hybridized carbons (Fsp3) is 0. The van der Waals surface area contributed by atoms with E-state index in [-0.39, 0.29) is 0 Å². The molecule has 4 aromatic rings. The summed E-state index contributed by atoms with van der Waals surface area (Å²) in [5, 5.41) is 5.36. The van der Waals surface area contributed by atoms with Crippen LogP contribution in [-0.2, 0) is 0 Å². The average molecular weight is 841 g/mol. The van der Waals surface area contributed by atoms with Gasteiger partial charge in [0, 0.05) is 0 Å². The SMILES string of the molecule is c1cc2ccc(-c3ccc([Si](c4ccc(-c5ccc6cccc-6cc5)cc4)(c4ccc(-c5ccc6cccc-6cc5)cc4)c4ccc(-c5ccc6cccc-6cc5)cc4)cc3)ccc-2c1. The molecule has 304 valence electrons. The van der Waals surface area contributed by atoms with Gasteiger partial charge in [-0.05, 0) is 110 Å². The molecule has 4 aromatic carbocycles. The summed E-state index contributed by atoms with van der Waals surface area (Å²) in [6.07, 6.45) is 0. The molecular weight excluding hydrogens is 797 g/mol. The Labute approximate surface area is 382 Å². The van der Waals surface area contributed by atoms with Crippen molar-refractivity contribution in [1.82, 2.24) is 0 Å². The van der Waals surface area contributed by atoms with E-state index in [4.69, 9.17) is 0 Å². The van der Waals surface area contributed by atoms with E-state index in [2.05, 4.69) is 267 Å². The predicted octanol–water partition coefficient (Wildman–Crippen LogP) is 14.2. The second-order valence-electron chi connectivity index (χ2n) is 17.3. The van der Waals surface area contributed by atoms with E-state index in [0.29, 0.717) is 0 Å². The van der Waals surface area contributed by atoms with Gasteiger partial charge in [0.05, 0.1) is 0 Å². The lowest BCUT2D eigenvalue weighted by atomic mass is 10.1. The van der Waals surface area contributed by atoms with E-state index in [1.807, 2.05) is 0 Å². The first kappa shape index (κ1) is 38.6. The molecule has 0 saturated carbocycles. The molecule has 0 nitrogen and oxygen atoms in total. The predicted molar refractivity (Wildman–Crippen MR) is 278 cm³/mol. The zero-order valence-electron chi connectivity index (χ0n) is 35.9. The Morgan fingerprint density at radius 3 is 0.369 bits per heavy atom. The topological polar surface area (TPSA) is 0 Å². The zero-order valence-corrected chi connectivity index (χ0v) is 36.9. The van der Waals surface area contributed by atoms with Crippen LogP contribution < -0.4 is 20.7 Å². The van der Waals surface area contributed by atoms with Crippen LogP contribution in [0.2, 0.25) is 0 Å². The van der Waals surface area contributed by atoms with Crippen molar-refractivity contribution < 1.29 is 0 Å². The third-order valence-corrected chi connectivity index (χ3v) is 18.5. The number of benzene rings is 4. The van der Waals surface area contributed by atoms with Crippen LogP contribution in [0.1, 0.15) is 0 Å². The fourth-order valence-electron chi connectivity index (χ4n) is 10.1. The Hall–Kier alpha value is -8.10. The Morgan fingerprint density at radius 2 is 0.231 bits per heavy atom. The quantitative estimate of drug-likeness (QED) is 0.106. The first-order valence-corrected chi connectivity index (χ1v) is 24.5. The molecule has 65 heavy (non-hydrogen) atoms. The molecule has 1 heteroatoms. The maximum atomic E-state index is 2.41. The normalized spacial score (nSPS) is 11.7. The van der Waals surface area contributed by atoms with Crippen molar-refractivity contribution in [3.63, 3.8) is 0 Å². The van der Waals surface area contributed by atoms with Crippen LogP contribution in [0.15, 0.2) is 267 Å². The van der Waals surface area contributed by atoms with E-state index >= 15 is 0 Å². The molecule has 0 amide bonds. The largest absolute Gasteiger partial charge is 0.179 e. The molecule has 8 aliphatic rings. The highest BCUT2D eigenvalue weighted by atomic mass is 28.3.